The lowest BCUT2D eigenvalue weighted by Gasteiger charge is -2.09. The Morgan fingerprint density at radius 1 is 1.32 bits per heavy atom. The highest BCUT2D eigenvalue weighted by molar-refractivity contribution is 5.88. The van der Waals surface area contributed by atoms with Crippen LogP contribution in [0.5, 0.6) is 0 Å². The zero-order chi connectivity index (χ0) is 13.8. The van der Waals surface area contributed by atoms with Crippen molar-refractivity contribution in [2.45, 2.75) is 25.7 Å². The molecule has 19 heavy (non-hydrogen) atoms. The molecule has 3 nitrogen and oxygen atoms in total. The van der Waals surface area contributed by atoms with E-state index in [1.54, 1.807) is 0 Å². The lowest BCUT2D eigenvalue weighted by Crippen LogP contribution is -2.08. The summed E-state index contributed by atoms with van der Waals surface area (Å²) >= 11 is 0. The molecule has 0 aromatic heterocycles. The number of carboxylic acid groups (broad SMARTS) is 1. The molecule has 2 N–H and O–H groups in total. The van der Waals surface area contributed by atoms with Crippen molar-refractivity contribution in [2.75, 3.05) is 11.9 Å². The summed E-state index contributed by atoms with van der Waals surface area (Å²) < 4.78 is 27.0. The van der Waals surface area contributed by atoms with Crippen LogP contribution < -0.4 is 5.32 Å². The van der Waals surface area contributed by atoms with Crippen LogP contribution in [0.4, 0.5) is 14.5 Å². The van der Waals surface area contributed by atoms with Gasteiger partial charge in [-0.2, -0.15) is 0 Å². The average Bonchev–Trinajstić information content (AvgIpc) is 2.87. The van der Waals surface area contributed by atoms with E-state index in [9.17, 15) is 13.6 Å². The summed E-state index contributed by atoms with van der Waals surface area (Å²) in [5.41, 5.74) is 0.679. The zero-order valence-electron chi connectivity index (χ0n) is 10.4. The second-order valence-electron chi connectivity index (χ2n) is 4.53. The maximum Gasteiger partial charge on any atom is 0.338 e. The lowest BCUT2D eigenvalue weighted by molar-refractivity contribution is 0.0690. The zero-order valence-corrected chi connectivity index (χ0v) is 10.4. The van der Waals surface area contributed by atoms with E-state index in [2.05, 4.69) is 11.4 Å². The van der Waals surface area contributed by atoms with E-state index in [-0.39, 0.29) is 5.69 Å². The van der Waals surface area contributed by atoms with Crippen molar-refractivity contribution in [2.24, 2.45) is 0 Å². The normalized spacial score (nSPS) is 14.3. The molecule has 0 amide bonds. The smallest absolute Gasteiger partial charge is 0.338 e. The van der Waals surface area contributed by atoms with Crippen LogP contribution in [0.15, 0.2) is 23.8 Å². The van der Waals surface area contributed by atoms with Gasteiger partial charge >= 0.3 is 5.97 Å². The lowest BCUT2D eigenvalue weighted by atomic mass is 10.1. The van der Waals surface area contributed by atoms with Crippen LogP contribution in [0, 0.1) is 11.6 Å². The van der Waals surface area contributed by atoms with Crippen LogP contribution in [0.3, 0.4) is 0 Å². The third-order valence-electron chi connectivity index (χ3n) is 3.21. The summed E-state index contributed by atoms with van der Waals surface area (Å²) in [6.07, 6.45) is 6.28. The third-order valence-corrected chi connectivity index (χ3v) is 3.21. The molecule has 5 heteroatoms. The summed E-state index contributed by atoms with van der Waals surface area (Å²) in [6.45, 7) is 0.509. The minimum atomic E-state index is -1.47. The van der Waals surface area contributed by atoms with Gasteiger partial charge in [0.2, 0.25) is 0 Å². The Labute approximate surface area is 109 Å². The van der Waals surface area contributed by atoms with Gasteiger partial charge in [0.25, 0.3) is 0 Å². The SMILES string of the molecule is O=C(O)c1ccc(NCCC2=CCCC2)c(F)c1F. The Kier molecular flexibility index (Phi) is 4.14. The number of hydrogen-bond acceptors (Lipinski definition) is 2. The molecule has 0 fully saturated rings. The van der Waals surface area contributed by atoms with Crippen molar-refractivity contribution in [3.63, 3.8) is 0 Å². The second kappa shape index (κ2) is 5.82. The van der Waals surface area contributed by atoms with E-state index >= 15 is 0 Å². The predicted octanol–water partition coefficient (Wildman–Crippen LogP) is 3.58. The number of nitrogens with one attached hydrogen (secondary N) is 1. The fourth-order valence-electron chi connectivity index (χ4n) is 2.17. The van der Waals surface area contributed by atoms with E-state index in [1.165, 1.54) is 11.6 Å². The average molecular weight is 267 g/mol. The molecule has 0 saturated carbocycles. The first-order valence-corrected chi connectivity index (χ1v) is 6.22. The van der Waals surface area contributed by atoms with Crippen LogP contribution in [-0.2, 0) is 0 Å². The first-order valence-electron chi connectivity index (χ1n) is 6.22. The van der Waals surface area contributed by atoms with Crippen LogP contribution in [0.1, 0.15) is 36.0 Å². The monoisotopic (exact) mass is 267 g/mol. The van der Waals surface area contributed by atoms with Crippen LogP contribution in [0.25, 0.3) is 0 Å². The quantitative estimate of drug-likeness (QED) is 0.802. The molecule has 0 spiro atoms. The molecule has 0 radical (unpaired) electrons. The van der Waals surface area contributed by atoms with Crippen molar-refractivity contribution in [1.29, 1.82) is 0 Å². The number of allylic oxidation sites excluding steroid dienone is 1. The van der Waals surface area contributed by atoms with Crippen molar-refractivity contribution in [1.82, 2.24) is 0 Å². The number of benzene rings is 1. The Bertz CT molecular complexity index is 526. The largest absolute Gasteiger partial charge is 0.478 e. The second-order valence-corrected chi connectivity index (χ2v) is 4.53. The molecule has 2 rings (SSSR count). The maximum atomic E-state index is 13.6. The number of carboxylic acids is 1. The molecule has 102 valence electrons. The minimum Gasteiger partial charge on any atom is -0.478 e. The van der Waals surface area contributed by atoms with Gasteiger partial charge in [0.15, 0.2) is 11.6 Å². The molecule has 1 aromatic rings. The number of halogens is 2. The molecule has 1 aliphatic carbocycles. The molecule has 0 unspecified atom stereocenters. The highest BCUT2D eigenvalue weighted by atomic mass is 19.2. The molecular formula is C14H15F2NO2. The van der Waals surface area contributed by atoms with Gasteiger partial charge in [0, 0.05) is 6.54 Å². The predicted molar refractivity (Wildman–Crippen MR) is 68.4 cm³/mol. The Hall–Kier alpha value is -1.91. The van der Waals surface area contributed by atoms with E-state index in [1.807, 2.05) is 0 Å². The molecule has 0 atom stereocenters. The standard InChI is InChI=1S/C14H15F2NO2/c15-12-10(14(18)19)5-6-11(13(12)16)17-8-7-9-3-1-2-4-9/h3,5-6,17H,1-2,4,7-8H2,(H,18,19). The van der Waals surface area contributed by atoms with Gasteiger partial charge in [-0.3, -0.25) is 0 Å². The summed E-state index contributed by atoms with van der Waals surface area (Å²) in [7, 11) is 0. The van der Waals surface area contributed by atoms with Gasteiger partial charge < -0.3 is 10.4 Å². The van der Waals surface area contributed by atoms with E-state index in [0.29, 0.717) is 6.54 Å². The van der Waals surface area contributed by atoms with Crippen LogP contribution in [-0.4, -0.2) is 17.6 Å². The van der Waals surface area contributed by atoms with Gasteiger partial charge in [-0.05, 0) is 37.8 Å². The molecule has 0 aliphatic heterocycles. The summed E-state index contributed by atoms with van der Waals surface area (Å²) in [4.78, 5) is 10.6. The van der Waals surface area contributed by atoms with Crippen molar-refractivity contribution in [3.05, 3.63) is 41.0 Å². The molecule has 1 aliphatic rings. The summed E-state index contributed by atoms with van der Waals surface area (Å²) in [5, 5.41) is 11.5. The summed E-state index contributed by atoms with van der Waals surface area (Å²) in [5.74, 6) is -3.93. The minimum absolute atomic E-state index is 0.00102. The summed E-state index contributed by atoms with van der Waals surface area (Å²) in [6, 6.07) is 2.32. The molecule has 0 bridgehead atoms. The number of aromatic carboxylic acids is 1. The van der Waals surface area contributed by atoms with Crippen LogP contribution >= 0.6 is 0 Å². The van der Waals surface area contributed by atoms with Crippen molar-refractivity contribution < 1.29 is 18.7 Å². The molecule has 0 heterocycles. The highest BCUT2D eigenvalue weighted by Crippen LogP contribution is 2.23. The van der Waals surface area contributed by atoms with Crippen LogP contribution in [0.2, 0.25) is 0 Å². The number of rotatable bonds is 5. The van der Waals surface area contributed by atoms with Crippen molar-refractivity contribution >= 4 is 11.7 Å². The van der Waals surface area contributed by atoms with Gasteiger partial charge in [-0.25, -0.2) is 13.6 Å². The Morgan fingerprint density at radius 2 is 2.11 bits per heavy atom. The van der Waals surface area contributed by atoms with E-state index < -0.39 is 23.2 Å². The maximum absolute atomic E-state index is 13.6. The Morgan fingerprint density at radius 3 is 2.74 bits per heavy atom. The molecular weight excluding hydrogens is 252 g/mol. The van der Waals surface area contributed by atoms with Gasteiger partial charge in [0.05, 0.1) is 11.3 Å². The topological polar surface area (TPSA) is 49.3 Å². The Balaban J connectivity index is 2.00. The van der Waals surface area contributed by atoms with Crippen molar-refractivity contribution in [3.8, 4) is 0 Å². The van der Waals surface area contributed by atoms with Gasteiger partial charge in [-0.15, -0.1) is 0 Å². The fraction of sp³-hybridized carbons (Fsp3) is 0.357. The number of anilines is 1. The molecule has 1 aromatic carbocycles. The fourth-order valence-corrected chi connectivity index (χ4v) is 2.17. The number of hydrogen-bond donors (Lipinski definition) is 2. The van der Waals surface area contributed by atoms with Gasteiger partial charge in [-0.1, -0.05) is 11.6 Å². The van der Waals surface area contributed by atoms with E-state index in [4.69, 9.17) is 5.11 Å². The van der Waals surface area contributed by atoms with E-state index in [0.717, 1.165) is 31.7 Å². The van der Waals surface area contributed by atoms with Gasteiger partial charge in [0.1, 0.15) is 0 Å². The first kappa shape index (κ1) is 13.5. The number of carbonyl (C=O) groups is 1. The first-order chi connectivity index (χ1) is 9.09. The highest BCUT2D eigenvalue weighted by Gasteiger charge is 2.17. The molecule has 0 saturated heterocycles. The third kappa shape index (κ3) is 3.10.